The van der Waals surface area contributed by atoms with Gasteiger partial charge in [-0.15, -0.1) is 0 Å². The smallest absolute Gasteiger partial charge is 0.268 e. The van der Waals surface area contributed by atoms with E-state index in [1.807, 2.05) is 54.6 Å². The number of rotatable bonds is 4. The standard InChI is InChI=1S/C23H16N4O/c24-14-18-11-9-17(10-12-18)13-20-15-25-16-27(20)23(28)22-8-4-7-21(26-22)19-5-2-1-3-6-19/h1-12,15-16H,13H2. The summed E-state index contributed by atoms with van der Waals surface area (Å²) in [6.07, 6.45) is 3.73. The van der Waals surface area contributed by atoms with E-state index in [9.17, 15) is 4.79 Å². The lowest BCUT2D eigenvalue weighted by Crippen LogP contribution is -2.16. The molecule has 2 heterocycles. The van der Waals surface area contributed by atoms with Gasteiger partial charge in [0.1, 0.15) is 12.0 Å². The third-order valence-corrected chi connectivity index (χ3v) is 4.44. The summed E-state index contributed by atoms with van der Waals surface area (Å²) >= 11 is 0. The molecule has 4 rings (SSSR count). The van der Waals surface area contributed by atoms with E-state index in [2.05, 4.69) is 16.0 Å². The molecule has 0 aliphatic heterocycles. The second kappa shape index (κ2) is 7.68. The number of carbonyl (C=O) groups is 1. The number of nitriles is 1. The van der Waals surface area contributed by atoms with Gasteiger partial charge < -0.3 is 0 Å². The molecule has 0 radical (unpaired) electrons. The van der Waals surface area contributed by atoms with Gasteiger partial charge in [0.15, 0.2) is 0 Å². The summed E-state index contributed by atoms with van der Waals surface area (Å²) in [5.41, 5.74) is 4.44. The Kier molecular flexibility index (Phi) is 4.77. The van der Waals surface area contributed by atoms with E-state index in [0.29, 0.717) is 17.7 Å². The molecule has 2 aromatic heterocycles. The van der Waals surface area contributed by atoms with E-state index in [-0.39, 0.29) is 5.91 Å². The number of nitrogens with zero attached hydrogens (tertiary/aromatic N) is 4. The second-order valence-electron chi connectivity index (χ2n) is 6.32. The number of hydrogen-bond donors (Lipinski definition) is 0. The summed E-state index contributed by atoms with van der Waals surface area (Å²) in [5, 5.41) is 8.92. The number of benzene rings is 2. The molecule has 2 aromatic carbocycles. The van der Waals surface area contributed by atoms with Crippen molar-refractivity contribution in [2.45, 2.75) is 6.42 Å². The van der Waals surface area contributed by atoms with E-state index >= 15 is 0 Å². The maximum Gasteiger partial charge on any atom is 0.281 e. The Morgan fingerprint density at radius 3 is 2.50 bits per heavy atom. The quantitative estimate of drug-likeness (QED) is 0.547. The van der Waals surface area contributed by atoms with E-state index in [4.69, 9.17) is 5.26 Å². The van der Waals surface area contributed by atoms with Crippen molar-refractivity contribution in [3.05, 3.63) is 108 Å². The molecule has 0 saturated carbocycles. The molecule has 0 atom stereocenters. The molecule has 0 aliphatic rings. The van der Waals surface area contributed by atoms with Gasteiger partial charge in [-0.3, -0.25) is 9.36 Å². The minimum Gasteiger partial charge on any atom is -0.268 e. The minimum atomic E-state index is -0.223. The average Bonchev–Trinajstić information content (AvgIpc) is 3.22. The number of imidazole rings is 1. The van der Waals surface area contributed by atoms with Crippen LogP contribution in [0, 0.1) is 11.3 Å². The monoisotopic (exact) mass is 364 g/mol. The van der Waals surface area contributed by atoms with Crippen LogP contribution in [0.1, 0.15) is 27.3 Å². The molecule has 28 heavy (non-hydrogen) atoms. The van der Waals surface area contributed by atoms with Gasteiger partial charge >= 0.3 is 0 Å². The second-order valence-corrected chi connectivity index (χ2v) is 6.32. The van der Waals surface area contributed by atoms with Crippen LogP contribution < -0.4 is 0 Å². The van der Waals surface area contributed by atoms with E-state index in [1.54, 1.807) is 24.4 Å². The number of hydrogen-bond acceptors (Lipinski definition) is 4. The molecule has 4 aromatic rings. The predicted octanol–water partition coefficient (Wildman–Crippen LogP) is 4.10. The molecule has 5 heteroatoms. The Balaban J connectivity index is 1.61. The average molecular weight is 364 g/mol. The molecular weight excluding hydrogens is 348 g/mol. The first kappa shape index (κ1) is 17.4. The maximum absolute atomic E-state index is 13.0. The summed E-state index contributed by atoms with van der Waals surface area (Å²) in [6, 6.07) is 24.6. The van der Waals surface area contributed by atoms with Gasteiger partial charge in [0, 0.05) is 23.9 Å². The first-order chi connectivity index (χ1) is 13.7. The van der Waals surface area contributed by atoms with E-state index in [0.717, 1.165) is 22.5 Å². The van der Waals surface area contributed by atoms with Gasteiger partial charge in [-0.25, -0.2) is 9.97 Å². The normalized spacial score (nSPS) is 10.4. The van der Waals surface area contributed by atoms with Crippen LogP contribution in [0.2, 0.25) is 0 Å². The Hall–Kier alpha value is -4.04. The molecule has 0 N–H and O–H groups in total. The van der Waals surface area contributed by atoms with Crippen molar-refractivity contribution in [1.82, 2.24) is 14.5 Å². The van der Waals surface area contributed by atoms with E-state index in [1.165, 1.54) is 10.9 Å². The van der Waals surface area contributed by atoms with Crippen molar-refractivity contribution in [2.75, 3.05) is 0 Å². The number of pyridine rings is 1. The fourth-order valence-electron chi connectivity index (χ4n) is 2.99. The lowest BCUT2D eigenvalue weighted by atomic mass is 10.1. The third-order valence-electron chi connectivity index (χ3n) is 4.44. The lowest BCUT2D eigenvalue weighted by Gasteiger charge is -2.08. The summed E-state index contributed by atoms with van der Waals surface area (Å²) < 4.78 is 1.52. The molecule has 0 fully saturated rings. The van der Waals surface area contributed by atoms with Gasteiger partial charge in [-0.1, -0.05) is 48.5 Å². The zero-order chi connectivity index (χ0) is 19.3. The fourth-order valence-corrected chi connectivity index (χ4v) is 2.99. The highest BCUT2D eigenvalue weighted by atomic mass is 16.2. The van der Waals surface area contributed by atoms with Crippen molar-refractivity contribution in [3.63, 3.8) is 0 Å². The van der Waals surface area contributed by atoms with Crippen LogP contribution in [0.3, 0.4) is 0 Å². The van der Waals surface area contributed by atoms with Gasteiger partial charge in [-0.2, -0.15) is 5.26 Å². The highest BCUT2D eigenvalue weighted by molar-refractivity contribution is 5.95. The Morgan fingerprint density at radius 2 is 1.75 bits per heavy atom. The molecule has 0 bridgehead atoms. The van der Waals surface area contributed by atoms with E-state index < -0.39 is 0 Å². The van der Waals surface area contributed by atoms with Crippen molar-refractivity contribution in [3.8, 4) is 17.3 Å². The van der Waals surface area contributed by atoms with Crippen molar-refractivity contribution in [1.29, 1.82) is 5.26 Å². The number of carbonyl (C=O) groups excluding carboxylic acids is 1. The van der Waals surface area contributed by atoms with Gasteiger partial charge in [-0.05, 0) is 29.8 Å². The van der Waals surface area contributed by atoms with Crippen LogP contribution in [0.15, 0.2) is 85.3 Å². The van der Waals surface area contributed by atoms with Crippen LogP contribution in [0.5, 0.6) is 0 Å². The summed E-state index contributed by atoms with van der Waals surface area (Å²) in [4.78, 5) is 21.7. The van der Waals surface area contributed by atoms with Crippen molar-refractivity contribution in [2.24, 2.45) is 0 Å². The first-order valence-corrected chi connectivity index (χ1v) is 8.82. The van der Waals surface area contributed by atoms with Crippen molar-refractivity contribution >= 4 is 5.91 Å². The first-order valence-electron chi connectivity index (χ1n) is 8.82. The zero-order valence-electron chi connectivity index (χ0n) is 15.0. The highest BCUT2D eigenvalue weighted by Gasteiger charge is 2.15. The molecule has 0 aliphatic carbocycles. The SMILES string of the molecule is N#Cc1ccc(Cc2cncn2C(=O)c2cccc(-c3ccccc3)n2)cc1. The van der Waals surface area contributed by atoms with Gasteiger partial charge in [0.05, 0.1) is 17.3 Å². The van der Waals surface area contributed by atoms with Crippen molar-refractivity contribution < 1.29 is 4.79 Å². The van der Waals surface area contributed by atoms with Gasteiger partial charge in [0.2, 0.25) is 0 Å². The predicted molar refractivity (Wildman–Crippen MR) is 106 cm³/mol. The van der Waals surface area contributed by atoms with Crippen LogP contribution in [-0.4, -0.2) is 20.4 Å². The fraction of sp³-hybridized carbons (Fsp3) is 0.0435. The zero-order valence-corrected chi connectivity index (χ0v) is 15.0. The highest BCUT2D eigenvalue weighted by Crippen LogP contribution is 2.18. The van der Waals surface area contributed by atoms with Crippen LogP contribution >= 0.6 is 0 Å². The minimum absolute atomic E-state index is 0.223. The van der Waals surface area contributed by atoms with Crippen LogP contribution in [0.4, 0.5) is 0 Å². The topological polar surface area (TPSA) is 71.6 Å². The molecule has 5 nitrogen and oxygen atoms in total. The third kappa shape index (κ3) is 3.57. The van der Waals surface area contributed by atoms with Gasteiger partial charge in [0.25, 0.3) is 5.91 Å². The summed E-state index contributed by atoms with van der Waals surface area (Å²) in [6.45, 7) is 0. The largest absolute Gasteiger partial charge is 0.281 e. The Morgan fingerprint density at radius 1 is 0.964 bits per heavy atom. The van der Waals surface area contributed by atoms with Crippen LogP contribution in [0.25, 0.3) is 11.3 Å². The van der Waals surface area contributed by atoms with Crippen LogP contribution in [-0.2, 0) is 6.42 Å². The molecule has 0 saturated heterocycles. The molecular formula is C23H16N4O. The Bertz CT molecular complexity index is 1160. The number of aromatic nitrogens is 3. The Labute approximate surface area is 162 Å². The molecule has 134 valence electrons. The summed E-state index contributed by atoms with van der Waals surface area (Å²) in [7, 11) is 0. The molecule has 0 spiro atoms. The molecule has 0 amide bonds. The lowest BCUT2D eigenvalue weighted by molar-refractivity contribution is 0.0952. The molecule has 0 unspecified atom stereocenters. The maximum atomic E-state index is 13.0. The summed E-state index contributed by atoms with van der Waals surface area (Å²) in [5.74, 6) is -0.223.